The third-order valence-corrected chi connectivity index (χ3v) is 3.55. The van der Waals surface area contributed by atoms with Gasteiger partial charge in [0.15, 0.2) is 0 Å². The lowest BCUT2D eigenvalue weighted by atomic mass is 9.85. The number of rotatable bonds is 2. The van der Waals surface area contributed by atoms with E-state index in [2.05, 4.69) is 5.32 Å². The highest BCUT2D eigenvalue weighted by molar-refractivity contribution is 5.92. The molecule has 98 valence electrons. The number of hydrogen-bond acceptors (Lipinski definition) is 3. The average Bonchev–Trinajstić information content (AvgIpc) is 2.34. The second-order valence-electron chi connectivity index (χ2n) is 5.11. The van der Waals surface area contributed by atoms with Gasteiger partial charge in [0.25, 0.3) is 0 Å². The molecule has 1 fully saturated rings. The predicted molar refractivity (Wildman–Crippen MR) is 71.4 cm³/mol. The van der Waals surface area contributed by atoms with Crippen LogP contribution in [0, 0.1) is 12.8 Å². The minimum absolute atomic E-state index is 0.0165. The molecule has 0 aliphatic heterocycles. The first-order valence-electron chi connectivity index (χ1n) is 6.42. The average molecular weight is 248 g/mol. The molecule has 2 rings (SSSR count). The molecule has 0 bridgehead atoms. The number of carbonyl (C=O) groups is 1. The zero-order valence-corrected chi connectivity index (χ0v) is 10.6. The van der Waals surface area contributed by atoms with Crippen molar-refractivity contribution in [2.75, 3.05) is 5.32 Å². The van der Waals surface area contributed by atoms with Crippen molar-refractivity contribution in [1.82, 2.24) is 0 Å². The van der Waals surface area contributed by atoms with E-state index < -0.39 is 0 Å². The Bertz CT molecular complexity index is 445. The van der Waals surface area contributed by atoms with Gasteiger partial charge in [-0.25, -0.2) is 0 Å². The Morgan fingerprint density at radius 1 is 1.44 bits per heavy atom. The van der Waals surface area contributed by atoms with E-state index in [0.29, 0.717) is 0 Å². The molecule has 1 aromatic carbocycles. The zero-order valence-electron chi connectivity index (χ0n) is 10.6. The summed E-state index contributed by atoms with van der Waals surface area (Å²) in [6.07, 6.45) is 3.72. The van der Waals surface area contributed by atoms with Crippen LogP contribution in [-0.4, -0.2) is 17.1 Å². The van der Waals surface area contributed by atoms with Crippen LogP contribution in [0.5, 0.6) is 5.75 Å². The van der Waals surface area contributed by atoms with E-state index in [1.807, 2.05) is 6.92 Å². The predicted octanol–water partition coefficient (Wildman–Crippen LogP) is 2.16. The maximum absolute atomic E-state index is 12.1. The van der Waals surface area contributed by atoms with Crippen LogP contribution in [0.25, 0.3) is 0 Å². The number of phenols is 1. The van der Waals surface area contributed by atoms with Gasteiger partial charge in [-0.05, 0) is 49.9 Å². The number of nitrogens with two attached hydrogens (primary N) is 1. The molecule has 4 N–H and O–H groups in total. The molecule has 1 amide bonds. The van der Waals surface area contributed by atoms with Gasteiger partial charge in [0.05, 0.1) is 0 Å². The normalized spacial score (nSPS) is 23.7. The summed E-state index contributed by atoms with van der Waals surface area (Å²) in [6, 6.07) is 5.23. The number of aryl methyl sites for hydroxylation is 1. The fourth-order valence-corrected chi connectivity index (χ4v) is 2.44. The van der Waals surface area contributed by atoms with E-state index in [1.54, 1.807) is 18.2 Å². The van der Waals surface area contributed by atoms with Gasteiger partial charge in [0.2, 0.25) is 5.91 Å². The van der Waals surface area contributed by atoms with Crippen LogP contribution in [0.2, 0.25) is 0 Å². The van der Waals surface area contributed by atoms with Gasteiger partial charge >= 0.3 is 0 Å². The Hall–Kier alpha value is -1.55. The van der Waals surface area contributed by atoms with Gasteiger partial charge in [0.1, 0.15) is 5.75 Å². The van der Waals surface area contributed by atoms with Gasteiger partial charge in [-0.15, -0.1) is 0 Å². The molecule has 0 saturated heterocycles. The van der Waals surface area contributed by atoms with Crippen LogP contribution in [0.1, 0.15) is 31.2 Å². The lowest BCUT2D eigenvalue weighted by molar-refractivity contribution is -0.120. The molecule has 1 aromatic rings. The van der Waals surface area contributed by atoms with Crippen molar-refractivity contribution in [3.8, 4) is 5.75 Å². The Morgan fingerprint density at radius 3 is 2.89 bits per heavy atom. The molecule has 0 spiro atoms. The molecular formula is C14H20N2O2. The molecule has 1 saturated carbocycles. The largest absolute Gasteiger partial charge is 0.508 e. The maximum Gasteiger partial charge on any atom is 0.227 e. The van der Waals surface area contributed by atoms with Gasteiger partial charge in [0, 0.05) is 17.6 Å². The van der Waals surface area contributed by atoms with Crippen molar-refractivity contribution < 1.29 is 9.90 Å². The molecule has 0 radical (unpaired) electrons. The number of aromatic hydroxyl groups is 1. The first-order chi connectivity index (χ1) is 8.56. The van der Waals surface area contributed by atoms with Crippen LogP contribution in [0.15, 0.2) is 18.2 Å². The smallest absolute Gasteiger partial charge is 0.227 e. The second-order valence-corrected chi connectivity index (χ2v) is 5.11. The van der Waals surface area contributed by atoms with Crippen LogP contribution in [0.4, 0.5) is 5.69 Å². The van der Waals surface area contributed by atoms with Crippen molar-refractivity contribution in [2.45, 2.75) is 38.6 Å². The molecule has 0 heterocycles. The maximum atomic E-state index is 12.1. The first kappa shape index (κ1) is 12.9. The quantitative estimate of drug-likeness (QED) is 0.702. The monoisotopic (exact) mass is 248 g/mol. The third-order valence-electron chi connectivity index (χ3n) is 3.55. The summed E-state index contributed by atoms with van der Waals surface area (Å²) in [5, 5.41) is 12.3. The Kier molecular flexibility index (Phi) is 3.87. The van der Waals surface area contributed by atoms with E-state index in [9.17, 15) is 9.90 Å². The molecule has 2 atom stereocenters. The fraction of sp³-hybridized carbons (Fsp3) is 0.500. The minimum Gasteiger partial charge on any atom is -0.508 e. The molecule has 0 aromatic heterocycles. The van der Waals surface area contributed by atoms with Gasteiger partial charge < -0.3 is 16.2 Å². The zero-order chi connectivity index (χ0) is 13.1. The summed E-state index contributed by atoms with van der Waals surface area (Å²) in [5.74, 6) is 0.297. The number of hydrogen-bond donors (Lipinski definition) is 3. The SMILES string of the molecule is Cc1cc(NC(=O)C2CCCC(N)C2)ccc1O. The van der Waals surface area contributed by atoms with Crippen molar-refractivity contribution >= 4 is 11.6 Å². The lowest BCUT2D eigenvalue weighted by Gasteiger charge is -2.25. The van der Waals surface area contributed by atoms with E-state index in [0.717, 1.165) is 36.9 Å². The first-order valence-corrected chi connectivity index (χ1v) is 6.42. The Labute approximate surface area is 107 Å². The number of carbonyl (C=O) groups excluding carboxylic acids is 1. The summed E-state index contributed by atoms with van der Waals surface area (Å²) in [4.78, 5) is 12.1. The number of nitrogens with one attached hydrogen (secondary N) is 1. The van der Waals surface area contributed by atoms with E-state index in [-0.39, 0.29) is 23.6 Å². The highest BCUT2D eigenvalue weighted by Crippen LogP contribution is 2.25. The van der Waals surface area contributed by atoms with Crippen LogP contribution < -0.4 is 11.1 Å². The van der Waals surface area contributed by atoms with Crippen molar-refractivity contribution in [2.24, 2.45) is 11.7 Å². The molecule has 2 unspecified atom stereocenters. The number of benzene rings is 1. The highest BCUT2D eigenvalue weighted by atomic mass is 16.3. The standard InChI is InChI=1S/C14H20N2O2/c1-9-7-12(5-6-13(9)17)16-14(18)10-3-2-4-11(15)8-10/h5-7,10-11,17H,2-4,8,15H2,1H3,(H,16,18). The Morgan fingerprint density at radius 2 is 2.22 bits per heavy atom. The third kappa shape index (κ3) is 3.01. The van der Waals surface area contributed by atoms with Gasteiger partial charge in [-0.2, -0.15) is 0 Å². The topological polar surface area (TPSA) is 75.4 Å². The van der Waals surface area contributed by atoms with Gasteiger partial charge in [-0.1, -0.05) is 6.42 Å². The summed E-state index contributed by atoms with van der Waals surface area (Å²) >= 11 is 0. The number of anilines is 1. The lowest BCUT2D eigenvalue weighted by Crippen LogP contribution is -2.34. The molecule has 4 nitrogen and oxygen atoms in total. The van der Waals surface area contributed by atoms with Crippen molar-refractivity contribution in [3.05, 3.63) is 23.8 Å². The minimum atomic E-state index is 0.0165. The second kappa shape index (κ2) is 5.40. The number of amides is 1. The van der Waals surface area contributed by atoms with Crippen LogP contribution >= 0.6 is 0 Å². The highest BCUT2D eigenvalue weighted by Gasteiger charge is 2.25. The number of phenolic OH excluding ortho intramolecular Hbond substituents is 1. The fourth-order valence-electron chi connectivity index (χ4n) is 2.44. The van der Waals surface area contributed by atoms with Crippen molar-refractivity contribution in [3.63, 3.8) is 0 Å². The van der Waals surface area contributed by atoms with E-state index in [4.69, 9.17) is 5.73 Å². The van der Waals surface area contributed by atoms with E-state index >= 15 is 0 Å². The Balaban J connectivity index is 2.00. The summed E-state index contributed by atoms with van der Waals surface area (Å²) in [6.45, 7) is 1.81. The molecule has 4 heteroatoms. The molecular weight excluding hydrogens is 228 g/mol. The van der Waals surface area contributed by atoms with Crippen LogP contribution in [-0.2, 0) is 4.79 Å². The van der Waals surface area contributed by atoms with E-state index in [1.165, 1.54) is 0 Å². The molecule has 1 aliphatic carbocycles. The summed E-state index contributed by atoms with van der Waals surface area (Å²) < 4.78 is 0. The van der Waals surface area contributed by atoms with Gasteiger partial charge in [-0.3, -0.25) is 4.79 Å². The summed E-state index contributed by atoms with van der Waals surface area (Å²) in [7, 11) is 0. The summed E-state index contributed by atoms with van der Waals surface area (Å²) in [5.41, 5.74) is 7.38. The van der Waals surface area contributed by atoms with Crippen molar-refractivity contribution in [1.29, 1.82) is 0 Å². The van der Waals surface area contributed by atoms with Crippen LogP contribution in [0.3, 0.4) is 0 Å². The molecule has 18 heavy (non-hydrogen) atoms. The molecule has 1 aliphatic rings.